The van der Waals surface area contributed by atoms with Crippen LogP contribution in [0, 0.1) is 0 Å². The summed E-state index contributed by atoms with van der Waals surface area (Å²) in [6.07, 6.45) is 0.223. The second-order valence-electron chi connectivity index (χ2n) is 6.44. The molecule has 31 heavy (non-hydrogen) atoms. The van der Waals surface area contributed by atoms with Gasteiger partial charge in [-0.25, -0.2) is 9.59 Å². The molecule has 1 aromatic carbocycles. The number of hydrogen-bond donors (Lipinski definition) is 2. The molecule has 0 atom stereocenters. The number of rotatable bonds is 5. The van der Waals surface area contributed by atoms with Gasteiger partial charge in [0.05, 0.1) is 21.9 Å². The average Bonchev–Trinajstić information content (AvgIpc) is 2.67. The molecule has 0 saturated carbocycles. The lowest BCUT2D eigenvalue weighted by molar-refractivity contribution is 0.207. The lowest BCUT2D eigenvalue weighted by atomic mass is 10.3. The lowest BCUT2D eigenvalue weighted by Gasteiger charge is -2.14. The molecule has 0 bridgehead atoms. The molecule has 0 unspecified atom stereocenters. The fourth-order valence-electron chi connectivity index (χ4n) is 2.55. The number of carbonyl (C=O) groups is 1. The van der Waals surface area contributed by atoms with E-state index in [2.05, 4.69) is 9.84 Å². The van der Waals surface area contributed by atoms with Gasteiger partial charge in [-0.05, 0) is 32.0 Å². The van der Waals surface area contributed by atoms with E-state index in [4.69, 9.17) is 33.7 Å². The van der Waals surface area contributed by atoms with Crippen LogP contribution in [0.1, 0.15) is 19.9 Å². The Labute approximate surface area is 183 Å². The largest absolute Gasteiger partial charge is 0.453 e. The molecule has 2 heterocycles. The summed E-state index contributed by atoms with van der Waals surface area (Å²) in [6.45, 7) is 3.68. The summed E-state index contributed by atoms with van der Waals surface area (Å²) in [4.78, 5) is 48.6. The molecule has 0 saturated heterocycles. The minimum Gasteiger partial charge on any atom is -0.453 e. The van der Waals surface area contributed by atoms with Crippen molar-refractivity contribution in [3.63, 3.8) is 0 Å². The molecule has 162 valence electrons. The maximum absolute atomic E-state index is 12.1. The van der Waals surface area contributed by atoms with Crippen LogP contribution in [0.5, 0.6) is 17.4 Å². The van der Waals surface area contributed by atoms with Gasteiger partial charge in [0, 0.05) is 12.1 Å². The summed E-state index contributed by atoms with van der Waals surface area (Å²) >= 11 is 12.6. The molecule has 3 N–H and O–H groups in total. The lowest BCUT2D eigenvalue weighted by Crippen LogP contribution is -2.34. The second-order valence-corrected chi connectivity index (χ2v) is 7.26. The maximum atomic E-state index is 12.1. The van der Waals surface area contributed by atoms with Crippen molar-refractivity contribution in [3.8, 4) is 23.1 Å². The standard InChI is InChI=1S/C18H15Cl2N5O6/c1-8(2)24-7-10(3-4-13(24)26)30-14-11(19)5-9(6-12(14)20)25-18(29)22-15(27)16(23-25)31-17(21)28/h3-8H,1-2H3,(H2,21,28)(H,22,27,29). The predicted molar refractivity (Wildman–Crippen MR) is 112 cm³/mol. The van der Waals surface area contributed by atoms with E-state index in [-0.39, 0.29) is 33.1 Å². The van der Waals surface area contributed by atoms with Crippen LogP contribution < -0.4 is 32.0 Å². The molecule has 0 aliphatic heterocycles. The second kappa shape index (κ2) is 8.66. The number of nitrogens with zero attached hydrogens (tertiary/aromatic N) is 3. The highest BCUT2D eigenvalue weighted by Gasteiger charge is 2.17. The molecule has 3 rings (SSSR count). The number of amides is 1. The number of hydrogen-bond acceptors (Lipinski definition) is 7. The molecule has 11 nitrogen and oxygen atoms in total. The number of aromatic amines is 1. The number of aromatic nitrogens is 4. The highest BCUT2D eigenvalue weighted by atomic mass is 35.5. The smallest absolute Gasteiger partial charge is 0.411 e. The quantitative estimate of drug-likeness (QED) is 0.583. The molecular weight excluding hydrogens is 453 g/mol. The Morgan fingerprint density at radius 3 is 2.39 bits per heavy atom. The summed E-state index contributed by atoms with van der Waals surface area (Å²) in [5, 5.41) is 3.66. The summed E-state index contributed by atoms with van der Waals surface area (Å²) in [6, 6.07) is 5.29. The zero-order chi connectivity index (χ0) is 22.9. The molecular formula is C18H15Cl2N5O6. The number of carbonyl (C=O) groups excluding carboxylic acids is 1. The summed E-state index contributed by atoms with van der Waals surface area (Å²) in [5.74, 6) is -0.371. The minimum absolute atomic E-state index is 0.00191. The Bertz CT molecular complexity index is 1320. The first-order valence-electron chi connectivity index (χ1n) is 8.67. The van der Waals surface area contributed by atoms with Crippen LogP contribution in [-0.4, -0.2) is 25.4 Å². The number of nitrogens with one attached hydrogen (secondary N) is 1. The predicted octanol–water partition coefficient (Wildman–Crippen LogP) is 2.22. The first-order chi connectivity index (χ1) is 14.6. The fraction of sp³-hybridized carbons (Fsp3) is 0.167. The molecule has 13 heteroatoms. The monoisotopic (exact) mass is 467 g/mol. The van der Waals surface area contributed by atoms with Crippen molar-refractivity contribution in [1.82, 2.24) is 19.3 Å². The Morgan fingerprint density at radius 2 is 1.81 bits per heavy atom. The molecule has 2 aromatic heterocycles. The van der Waals surface area contributed by atoms with Gasteiger partial charge in [0.1, 0.15) is 5.75 Å². The number of ether oxygens (including phenoxy) is 2. The van der Waals surface area contributed by atoms with Crippen molar-refractivity contribution in [1.29, 1.82) is 0 Å². The third-order valence-electron chi connectivity index (χ3n) is 3.91. The van der Waals surface area contributed by atoms with Crippen molar-refractivity contribution in [3.05, 3.63) is 71.7 Å². The van der Waals surface area contributed by atoms with E-state index in [9.17, 15) is 19.2 Å². The summed E-state index contributed by atoms with van der Waals surface area (Å²) in [5.41, 5.74) is 2.74. The van der Waals surface area contributed by atoms with E-state index in [0.29, 0.717) is 10.4 Å². The Kier molecular flexibility index (Phi) is 6.18. The molecule has 0 aliphatic rings. The van der Waals surface area contributed by atoms with Crippen molar-refractivity contribution >= 4 is 29.3 Å². The van der Waals surface area contributed by atoms with Crippen LogP contribution >= 0.6 is 23.2 Å². The van der Waals surface area contributed by atoms with Gasteiger partial charge in [-0.3, -0.25) is 14.6 Å². The number of benzene rings is 1. The van der Waals surface area contributed by atoms with Gasteiger partial charge < -0.3 is 19.8 Å². The van der Waals surface area contributed by atoms with Gasteiger partial charge in [-0.2, -0.15) is 4.68 Å². The molecule has 3 aromatic rings. The third kappa shape index (κ3) is 4.78. The van der Waals surface area contributed by atoms with Crippen LogP contribution in [0.15, 0.2) is 44.8 Å². The Balaban J connectivity index is 2.03. The van der Waals surface area contributed by atoms with Crippen LogP contribution in [0.25, 0.3) is 5.69 Å². The van der Waals surface area contributed by atoms with Crippen molar-refractivity contribution < 1.29 is 14.3 Å². The van der Waals surface area contributed by atoms with Crippen molar-refractivity contribution in [2.45, 2.75) is 19.9 Å². The van der Waals surface area contributed by atoms with E-state index in [0.717, 1.165) is 0 Å². The number of halogens is 2. The first kappa shape index (κ1) is 22.1. The van der Waals surface area contributed by atoms with Crippen LogP contribution in [0.3, 0.4) is 0 Å². The molecule has 0 spiro atoms. The van der Waals surface area contributed by atoms with Gasteiger partial charge in [-0.15, -0.1) is 5.10 Å². The van der Waals surface area contributed by atoms with Gasteiger partial charge in [0.15, 0.2) is 5.75 Å². The highest BCUT2D eigenvalue weighted by Crippen LogP contribution is 2.38. The Hall–Kier alpha value is -3.57. The zero-order valence-corrected chi connectivity index (χ0v) is 17.6. The highest BCUT2D eigenvalue weighted by molar-refractivity contribution is 6.37. The number of pyridine rings is 1. The summed E-state index contributed by atoms with van der Waals surface area (Å²) in [7, 11) is 0. The van der Waals surface area contributed by atoms with Gasteiger partial charge in [0.25, 0.3) is 5.56 Å². The number of H-pyrrole nitrogens is 1. The first-order valence-corrected chi connectivity index (χ1v) is 9.43. The van der Waals surface area contributed by atoms with Crippen molar-refractivity contribution in [2.24, 2.45) is 5.73 Å². The van der Waals surface area contributed by atoms with E-state index < -0.39 is 23.2 Å². The van der Waals surface area contributed by atoms with Crippen LogP contribution in [0.4, 0.5) is 4.79 Å². The SMILES string of the molecule is CC(C)n1cc(Oc2c(Cl)cc(-n3nc(OC(N)=O)c(=O)[nH]c3=O)cc2Cl)ccc1=O. The van der Waals surface area contributed by atoms with E-state index in [1.807, 2.05) is 18.8 Å². The van der Waals surface area contributed by atoms with Crippen molar-refractivity contribution in [2.75, 3.05) is 0 Å². The fourth-order valence-corrected chi connectivity index (χ4v) is 3.11. The van der Waals surface area contributed by atoms with Crippen LogP contribution in [0.2, 0.25) is 10.0 Å². The zero-order valence-electron chi connectivity index (χ0n) is 16.1. The molecule has 0 radical (unpaired) electrons. The molecule has 0 fully saturated rings. The normalized spacial score (nSPS) is 10.9. The average molecular weight is 468 g/mol. The molecule has 1 amide bonds. The maximum Gasteiger partial charge on any atom is 0.411 e. The third-order valence-corrected chi connectivity index (χ3v) is 4.47. The summed E-state index contributed by atoms with van der Waals surface area (Å²) < 4.78 is 12.4. The number of nitrogens with two attached hydrogens (primary N) is 1. The minimum atomic E-state index is -1.29. The Morgan fingerprint density at radius 1 is 1.16 bits per heavy atom. The van der Waals surface area contributed by atoms with E-state index in [1.165, 1.54) is 35.0 Å². The van der Waals surface area contributed by atoms with Gasteiger partial charge in [0.2, 0.25) is 0 Å². The van der Waals surface area contributed by atoms with Crippen LogP contribution in [-0.2, 0) is 0 Å². The number of primary amides is 1. The van der Waals surface area contributed by atoms with Gasteiger partial charge >= 0.3 is 23.2 Å². The van der Waals surface area contributed by atoms with E-state index >= 15 is 0 Å². The molecule has 0 aliphatic carbocycles. The van der Waals surface area contributed by atoms with E-state index in [1.54, 1.807) is 0 Å². The van der Waals surface area contributed by atoms with Gasteiger partial charge in [-0.1, -0.05) is 23.2 Å². The topological polar surface area (TPSA) is 151 Å².